The van der Waals surface area contributed by atoms with E-state index in [1.165, 1.54) is 19.0 Å². The highest BCUT2D eigenvalue weighted by Gasteiger charge is 2.31. The third-order valence-corrected chi connectivity index (χ3v) is 6.17. The van der Waals surface area contributed by atoms with Gasteiger partial charge in [-0.2, -0.15) is 5.10 Å². The van der Waals surface area contributed by atoms with Crippen LogP contribution in [0.5, 0.6) is 0 Å². The molecule has 7 heteroatoms. The molecule has 30 heavy (non-hydrogen) atoms. The van der Waals surface area contributed by atoms with E-state index >= 15 is 0 Å². The highest BCUT2D eigenvalue weighted by Crippen LogP contribution is 2.23. The molecule has 2 fully saturated rings. The summed E-state index contributed by atoms with van der Waals surface area (Å²) in [6.07, 6.45) is 6.23. The molecule has 1 aromatic carbocycles. The van der Waals surface area contributed by atoms with Crippen molar-refractivity contribution in [3.63, 3.8) is 0 Å². The van der Waals surface area contributed by atoms with Crippen LogP contribution in [0.15, 0.2) is 30.5 Å². The summed E-state index contributed by atoms with van der Waals surface area (Å²) in [6.45, 7) is 8.09. The van der Waals surface area contributed by atoms with E-state index in [0.717, 1.165) is 50.4 Å². The maximum atomic E-state index is 13.1. The number of hydrogen-bond donors (Lipinski definition) is 0. The Labute approximate surface area is 177 Å². The minimum atomic E-state index is -0.369. The average Bonchev–Trinajstić information content (AvgIpc) is 3.50. The molecular weight excluding hydrogens is 380 g/mol. The summed E-state index contributed by atoms with van der Waals surface area (Å²) in [6, 6.07) is 7.79. The summed E-state index contributed by atoms with van der Waals surface area (Å²) < 4.78 is 6.78. The third-order valence-electron chi connectivity index (χ3n) is 6.17. The van der Waals surface area contributed by atoms with E-state index in [1.807, 2.05) is 36.1 Å². The van der Waals surface area contributed by atoms with Crippen LogP contribution in [0, 0.1) is 6.92 Å². The largest absolute Gasteiger partial charge is 0.462 e. The van der Waals surface area contributed by atoms with Gasteiger partial charge in [0.05, 0.1) is 24.2 Å². The first-order valence-electron chi connectivity index (χ1n) is 10.9. The normalized spacial score (nSPS) is 19.4. The number of aromatic nitrogens is 2. The number of benzene rings is 1. The standard InChI is InChI=1S/C23H30N4O3/c1-3-30-23(29)21-15-24-27(17(21)2)19-10-8-18(9-11-19)22(28)26-14-6-7-20(26)16-25-12-4-5-13-25/h8-11,15,20H,3-7,12-14,16H2,1-2H3. The molecule has 0 bridgehead atoms. The second kappa shape index (κ2) is 9.00. The van der Waals surface area contributed by atoms with Crippen LogP contribution in [0.4, 0.5) is 0 Å². The Hall–Kier alpha value is -2.67. The molecule has 0 saturated carbocycles. The number of ether oxygens (including phenoxy) is 1. The minimum Gasteiger partial charge on any atom is -0.462 e. The van der Waals surface area contributed by atoms with Crippen molar-refractivity contribution in [1.29, 1.82) is 0 Å². The lowest BCUT2D eigenvalue weighted by Crippen LogP contribution is -2.42. The lowest BCUT2D eigenvalue weighted by Gasteiger charge is -2.28. The smallest absolute Gasteiger partial charge is 0.341 e. The molecule has 1 atom stereocenters. The minimum absolute atomic E-state index is 0.104. The van der Waals surface area contributed by atoms with Gasteiger partial charge in [0.2, 0.25) is 0 Å². The molecule has 1 unspecified atom stereocenters. The molecule has 0 aliphatic carbocycles. The zero-order valence-electron chi connectivity index (χ0n) is 17.8. The summed E-state index contributed by atoms with van der Waals surface area (Å²) in [5, 5.41) is 4.33. The lowest BCUT2D eigenvalue weighted by molar-refractivity contribution is 0.0525. The quantitative estimate of drug-likeness (QED) is 0.685. The van der Waals surface area contributed by atoms with Gasteiger partial charge in [-0.1, -0.05) is 0 Å². The molecule has 2 aromatic rings. The van der Waals surface area contributed by atoms with Crippen molar-refractivity contribution >= 4 is 11.9 Å². The van der Waals surface area contributed by atoms with Crippen LogP contribution in [0.2, 0.25) is 0 Å². The first-order chi connectivity index (χ1) is 14.6. The molecule has 7 nitrogen and oxygen atoms in total. The second-order valence-corrected chi connectivity index (χ2v) is 8.13. The SMILES string of the molecule is CCOC(=O)c1cnn(-c2ccc(C(=O)N3CCCC3CN3CCCC3)cc2)c1C. The predicted octanol–water partition coefficient (Wildman–Crippen LogP) is 3.06. The number of likely N-dealkylation sites (tertiary alicyclic amines) is 2. The molecular formula is C23H30N4O3. The van der Waals surface area contributed by atoms with Gasteiger partial charge in [0.15, 0.2) is 0 Å². The van der Waals surface area contributed by atoms with E-state index in [2.05, 4.69) is 10.00 Å². The Kier molecular flexibility index (Phi) is 6.18. The molecule has 0 N–H and O–H groups in total. The Morgan fingerprint density at radius 2 is 1.83 bits per heavy atom. The molecule has 160 valence electrons. The van der Waals surface area contributed by atoms with Gasteiger partial charge in [0, 0.05) is 24.7 Å². The molecule has 2 aliphatic rings. The molecule has 1 amide bonds. The van der Waals surface area contributed by atoms with Crippen molar-refractivity contribution in [3.05, 3.63) is 47.3 Å². The number of esters is 1. The topological polar surface area (TPSA) is 67.7 Å². The second-order valence-electron chi connectivity index (χ2n) is 8.13. The van der Waals surface area contributed by atoms with E-state index < -0.39 is 0 Å². The number of carbonyl (C=O) groups is 2. The summed E-state index contributed by atoms with van der Waals surface area (Å²) in [4.78, 5) is 29.7. The number of hydrogen-bond acceptors (Lipinski definition) is 5. The maximum absolute atomic E-state index is 13.1. The Balaban J connectivity index is 1.47. The van der Waals surface area contributed by atoms with Gasteiger partial charge in [-0.15, -0.1) is 0 Å². The number of carbonyl (C=O) groups excluding carboxylic acids is 2. The van der Waals surface area contributed by atoms with Crippen LogP contribution < -0.4 is 0 Å². The van der Waals surface area contributed by atoms with Gasteiger partial charge in [-0.25, -0.2) is 9.48 Å². The Morgan fingerprint density at radius 3 is 2.53 bits per heavy atom. The number of amides is 1. The summed E-state index contributed by atoms with van der Waals surface area (Å²) in [5.74, 6) is -0.265. The van der Waals surface area contributed by atoms with Crippen LogP contribution >= 0.6 is 0 Å². The first kappa shape index (κ1) is 20.6. The lowest BCUT2D eigenvalue weighted by atomic mass is 10.1. The van der Waals surface area contributed by atoms with Gasteiger partial charge in [0.1, 0.15) is 5.56 Å². The van der Waals surface area contributed by atoms with E-state index in [0.29, 0.717) is 23.8 Å². The van der Waals surface area contributed by atoms with E-state index in [-0.39, 0.29) is 11.9 Å². The Bertz CT molecular complexity index is 900. The van der Waals surface area contributed by atoms with Crippen molar-refractivity contribution < 1.29 is 14.3 Å². The number of rotatable bonds is 6. The van der Waals surface area contributed by atoms with Crippen molar-refractivity contribution in [1.82, 2.24) is 19.6 Å². The summed E-state index contributed by atoms with van der Waals surface area (Å²) in [5.41, 5.74) is 2.69. The summed E-state index contributed by atoms with van der Waals surface area (Å²) >= 11 is 0. The van der Waals surface area contributed by atoms with E-state index in [1.54, 1.807) is 11.6 Å². The fourth-order valence-corrected chi connectivity index (χ4v) is 4.55. The average molecular weight is 411 g/mol. The van der Waals surface area contributed by atoms with Crippen molar-refractivity contribution in [2.75, 3.05) is 32.8 Å². The van der Waals surface area contributed by atoms with Crippen LogP contribution in [0.1, 0.15) is 59.0 Å². The molecule has 0 radical (unpaired) electrons. The third kappa shape index (κ3) is 4.12. The molecule has 0 spiro atoms. The van der Waals surface area contributed by atoms with Crippen LogP contribution in [-0.4, -0.2) is 70.3 Å². The highest BCUT2D eigenvalue weighted by molar-refractivity contribution is 5.95. The fraction of sp³-hybridized carbons (Fsp3) is 0.522. The highest BCUT2D eigenvalue weighted by atomic mass is 16.5. The zero-order chi connectivity index (χ0) is 21.1. The van der Waals surface area contributed by atoms with Gasteiger partial charge in [-0.05, 0) is 76.9 Å². The monoisotopic (exact) mass is 410 g/mol. The molecule has 3 heterocycles. The van der Waals surface area contributed by atoms with Crippen molar-refractivity contribution in [2.45, 2.75) is 45.6 Å². The van der Waals surface area contributed by atoms with Crippen molar-refractivity contribution in [2.24, 2.45) is 0 Å². The first-order valence-corrected chi connectivity index (χ1v) is 10.9. The molecule has 4 rings (SSSR count). The molecule has 1 aromatic heterocycles. The van der Waals surface area contributed by atoms with E-state index in [9.17, 15) is 9.59 Å². The van der Waals surface area contributed by atoms with Crippen LogP contribution in [0.3, 0.4) is 0 Å². The number of nitrogens with zero attached hydrogens (tertiary/aromatic N) is 4. The van der Waals surface area contributed by atoms with Gasteiger partial charge in [0.25, 0.3) is 5.91 Å². The predicted molar refractivity (Wildman–Crippen MR) is 114 cm³/mol. The van der Waals surface area contributed by atoms with Crippen molar-refractivity contribution in [3.8, 4) is 5.69 Å². The zero-order valence-corrected chi connectivity index (χ0v) is 17.8. The summed E-state index contributed by atoms with van der Waals surface area (Å²) in [7, 11) is 0. The molecule has 2 aliphatic heterocycles. The Morgan fingerprint density at radius 1 is 1.10 bits per heavy atom. The van der Waals surface area contributed by atoms with Gasteiger partial charge < -0.3 is 14.5 Å². The fourth-order valence-electron chi connectivity index (χ4n) is 4.55. The van der Waals surface area contributed by atoms with Crippen LogP contribution in [0.25, 0.3) is 5.69 Å². The molecule has 2 saturated heterocycles. The van der Waals surface area contributed by atoms with Crippen LogP contribution in [-0.2, 0) is 4.74 Å². The van der Waals surface area contributed by atoms with E-state index in [4.69, 9.17) is 4.74 Å². The van der Waals surface area contributed by atoms with Gasteiger partial charge >= 0.3 is 5.97 Å². The van der Waals surface area contributed by atoms with Gasteiger partial charge in [-0.3, -0.25) is 4.79 Å². The maximum Gasteiger partial charge on any atom is 0.341 e.